The molecule has 0 fully saturated rings. The quantitative estimate of drug-likeness (QED) is 0.327. The zero-order chi connectivity index (χ0) is 24.3. The van der Waals surface area contributed by atoms with Crippen LogP contribution in [0.4, 0.5) is 11.4 Å². The minimum absolute atomic E-state index is 0.0272. The molecule has 0 amide bonds. The molecular weight excluding hydrogens is 474 g/mol. The van der Waals surface area contributed by atoms with Crippen molar-refractivity contribution in [2.45, 2.75) is 6.04 Å². The molecule has 34 heavy (non-hydrogen) atoms. The van der Waals surface area contributed by atoms with Gasteiger partial charge in [-0.05, 0) is 29.3 Å². The molecule has 0 aliphatic heterocycles. The van der Waals surface area contributed by atoms with E-state index in [9.17, 15) is 18.8 Å². The standard InChI is InChI=1S/C24H20ClN5O3S/c1-34(32,33)30-21-10-17(12-28-24(21)25)16-7-8-20-19(9-16)23(18(11-26)13-27-20)29-22(14-31)15-5-3-2-4-6-15/h2-10,12-13,22,30-31H,14H2,1H3,(H,27,29)/t22-/m1/s1. The lowest BCUT2D eigenvalue weighted by atomic mass is 10.0. The maximum Gasteiger partial charge on any atom is 0.229 e. The first-order chi connectivity index (χ1) is 16.3. The Kier molecular flexibility index (Phi) is 6.65. The van der Waals surface area contributed by atoms with E-state index in [0.29, 0.717) is 33.3 Å². The number of benzene rings is 2. The van der Waals surface area contributed by atoms with Crippen LogP contribution in [-0.2, 0) is 10.0 Å². The number of nitrogens with one attached hydrogen (secondary N) is 2. The molecule has 172 valence electrons. The Hall–Kier alpha value is -3.71. The van der Waals surface area contributed by atoms with Gasteiger partial charge in [0.2, 0.25) is 10.0 Å². The summed E-state index contributed by atoms with van der Waals surface area (Å²) < 4.78 is 25.7. The minimum atomic E-state index is -3.55. The molecule has 2 heterocycles. The third-order valence-corrected chi connectivity index (χ3v) is 6.05. The van der Waals surface area contributed by atoms with Crippen LogP contribution < -0.4 is 10.0 Å². The summed E-state index contributed by atoms with van der Waals surface area (Å²) in [5.74, 6) is 0. The molecule has 1 atom stereocenters. The highest BCUT2D eigenvalue weighted by atomic mass is 35.5. The van der Waals surface area contributed by atoms with Crippen molar-refractivity contribution in [2.24, 2.45) is 0 Å². The van der Waals surface area contributed by atoms with Crippen molar-refractivity contribution in [1.82, 2.24) is 9.97 Å². The SMILES string of the molecule is CS(=O)(=O)Nc1cc(-c2ccc3ncc(C#N)c(N[C@H](CO)c4ccccc4)c3c2)cnc1Cl. The van der Waals surface area contributed by atoms with Gasteiger partial charge in [-0.2, -0.15) is 5.26 Å². The summed E-state index contributed by atoms with van der Waals surface area (Å²) in [5.41, 5.74) is 3.87. The molecule has 0 spiro atoms. The van der Waals surface area contributed by atoms with Gasteiger partial charge in [0.05, 0.1) is 41.4 Å². The van der Waals surface area contributed by atoms with E-state index in [1.807, 2.05) is 42.5 Å². The summed E-state index contributed by atoms with van der Waals surface area (Å²) >= 11 is 6.06. The largest absolute Gasteiger partial charge is 0.394 e. The average Bonchev–Trinajstić information content (AvgIpc) is 2.83. The fourth-order valence-corrected chi connectivity index (χ4v) is 4.35. The molecule has 0 aliphatic carbocycles. The Morgan fingerprint density at radius 1 is 1.09 bits per heavy atom. The highest BCUT2D eigenvalue weighted by molar-refractivity contribution is 7.92. The molecule has 0 saturated heterocycles. The van der Waals surface area contributed by atoms with Gasteiger partial charge in [-0.25, -0.2) is 13.4 Å². The van der Waals surface area contributed by atoms with Crippen molar-refractivity contribution >= 4 is 43.9 Å². The Balaban J connectivity index is 1.82. The van der Waals surface area contributed by atoms with Crippen LogP contribution in [-0.4, -0.2) is 36.4 Å². The minimum Gasteiger partial charge on any atom is -0.394 e. The summed E-state index contributed by atoms with van der Waals surface area (Å²) in [6, 6.07) is 18.2. The van der Waals surface area contributed by atoms with Gasteiger partial charge >= 0.3 is 0 Å². The number of fused-ring (bicyclic) bond motifs is 1. The monoisotopic (exact) mass is 493 g/mol. The molecular formula is C24H20ClN5O3S. The zero-order valence-electron chi connectivity index (χ0n) is 18.0. The van der Waals surface area contributed by atoms with Gasteiger partial charge in [0.15, 0.2) is 5.15 Å². The van der Waals surface area contributed by atoms with E-state index >= 15 is 0 Å². The number of pyridine rings is 2. The van der Waals surface area contributed by atoms with Crippen molar-refractivity contribution in [2.75, 3.05) is 22.9 Å². The number of sulfonamides is 1. The van der Waals surface area contributed by atoms with E-state index in [4.69, 9.17) is 11.6 Å². The van der Waals surface area contributed by atoms with Gasteiger partial charge < -0.3 is 10.4 Å². The predicted octanol–water partition coefficient (Wildman–Crippen LogP) is 4.34. The number of anilines is 2. The van der Waals surface area contributed by atoms with Gasteiger partial charge in [-0.3, -0.25) is 9.71 Å². The van der Waals surface area contributed by atoms with E-state index < -0.39 is 16.1 Å². The van der Waals surface area contributed by atoms with Crippen LogP contribution in [0.15, 0.2) is 67.0 Å². The van der Waals surface area contributed by atoms with Crippen molar-refractivity contribution in [3.8, 4) is 17.2 Å². The molecule has 8 nitrogen and oxygen atoms in total. The lowest BCUT2D eigenvalue weighted by molar-refractivity contribution is 0.276. The lowest BCUT2D eigenvalue weighted by Gasteiger charge is -2.20. The van der Waals surface area contributed by atoms with Crippen LogP contribution in [0.5, 0.6) is 0 Å². The van der Waals surface area contributed by atoms with Crippen molar-refractivity contribution in [1.29, 1.82) is 5.26 Å². The molecule has 0 aliphatic rings. The first-order valence-electron chi connectivity index (χ1n) is 10.2. The highest BCUT2D eigenvalue weighted by Gasteiger charge is 2.17. The Labute approximate surface area is 201 Å². The molecule has 4 rings (SSSR count). The van der Waals surface area contributed by atoms with Crippen molar-refractivity contribution in [3.63, 3.8) is 0 Å². The number of rotatable bonds is 7. The number of hydrogen-bond donors (Lipinski definition) is 3. The second-order valence-electron chi connectivity index (χ2n) is 7.62. The summed E-state index contributed by atoms with van der Waals surface area (Å²) in [4.78, 5) is 8.48. The fourth-order valence-electron chi connectivity index (χ4n) is 3.58. The molecule has 4 aromatic rings. The second-order valence-corrected chi connectivity index (χ2v) is 9.72. The van der Waals surface area contributed by atoms with E-state index in [1.54, 1.807) is 12.1 Å². The molecule has 2 aromatic heterocycles. The molecule has 0 saturated carbocycles. The average molecular weight is 494 g/mol. The Bertz CT molecular complexity index is 1500. The predicted molar refractivity (Wildman–Crippen MR) is 133 cm³/mol. The number of aliphatic hydroxyl groups is 1. The Morgan fingerprint density at radius 3 is 2.53 bits per heavy atom. The van der Waals surface area contributed by atoms with Gasteiger partial charge in [0.25, 0.3) is 0 Å². The highest BCUT2D eigenvalue weighted by Crippen LogP contribution is 2.34. The molecule has 3 N–H and O–H groups in total. The summed E-state index contributed by atoms with van der Waals surface area (Å²) in [5, 5.41) is 23.7. The van der Waals surface area contributed by atoms with Crippen LogP contribution in [0.1, 0.15) is 17.2 Å². The Morgan fingerprint density at radius 2 is 1.85 bits per heavy atom. The van der Waals surface area contributed by atoms with Gasteiger partial charge in [0.1, 0.15) is 6.07 Å². The second kappa shape index (κ2) is 9.65. The third-order valence-electron chi connectivity index (χ3n) is 5.16. The fraction of sp³-hybridized carbons (Fsp3) is 0.125. The maximum atomic E-state index is 11.7. The summed E-state index contributed by atoms with van der Waals surface area (Å²) in [6.07, 6.45) is 4.05. The van der Waals surface area contributed by atoms with Crippen LogP contribution in [0, 0.1) is 11.3 Å². The van der Waals surface area contributed by atoms with Gasteiger partial charge in [-0.15, -0.1) is 0 Å². The van der Waals surface area contributed by atoms with Crippen LogP contribution in [0.2, 0.25) is 5.15 Å². The number of halogens is 1. The number of nitrogens with zero attached hydrogens (tertiary/aromatic N) is 3. The molecule has 2 aromatic carbocycles. The van der Waals surface area contributed by atoms with Crippen molar-refractivity contribution < 1.29 is 13.5 Å². The molecule has 0 unspecified atom stereocenters. The topological polar surface area (TPSA) is 128 Å². The van der Waals surface area contributed by atoms with E-state index in [1.165, 1.54) is 12.4 Å². The number of aromatic nitrogens is 2. The van der Waals surface area contributed by atoms with E-state index in [-0.39, 0.29) is 17.4 Å². The number of hydrogen-bond acceptors (Lipinski definition) is 7. The normalized spacial score (nSPS) is 12.2. The first-order valence-corrected chi connectivity index (χ1v) is 12.4. The zero-order valence-corrected chi connectivity index (χ0v) is 19.6. The van der Waals surface area contributed by atoms with Gasteiger partial charge in [0, 0.05) is 23.3 Å². The van der Waals surface area contributed by atoms with Gasteiger partial charge in [-0.1, -0.05) is 48.0 Å². The van der Waals surface area contributed by atoms with Crippen LogP contribution in [0.3, 0.4) is 0 Å². The molecule has 0 bridgehead atoms. The molecule has 10 heteroatoms. The third kappa shape index (κ3) is 5.10. The maximum absolute atomic E-state index is 11.7. The van der Waals surface area contributed by atoms with Crippen LogP contribution in [0.25, 0.3) is 22.0 Å². The van der Waals surface area contributed by atoms with E-state index in [2.05, 4.69) is 26.1 Å². The number of nitriles is 1. The smallest absolute Gasteiger partial charge is 0.229 e. The lowest BCUT2D eigenvalue weighted by Crippen LogP contribution is -2.16. The van der Waals surface area contributed by atoms with Crippen molar-refractivity contribution in [3.05, 3.63) is 83.3 Å². The summed E-state index contributed by atoms with van der Waals surface area (Å²) in [7, 11) is -3.55. The number of aliphatic hydroxyl groups excluding tert-OH is 1. The van der Waals surface area contributed by atoms with Crippen LogP contribution >= 0.6 is 11.6 Å². The van der Waals surface area contributed by atoms with E-state index in [0.717, 1.165) is 11.8 Å². The molecule has 0 radical (unpaired) electrons. The summed E-state index contributed by atoms with van der Waals surface area (Å²) in [6.45, 7) is -0.181. The first kappa shape index (κ1) is 23.4.